The molecule has 6 rings (SSSR count). The van der Waals surface area contributed by atoms with Crippen LogP contribution in [0.3, 0.4) is 0 Å². The standard InChI is InChI=1S/C28H34N4O3/c1-17(2)18-5-7-20(8-6-18)28(33,27(3)15-32(4)16-27)21-11-19(13-29-14-21)26-30-25(31-35-26)23-12-22-9-10-24(23)34-22/h5-8,11,13-14,17,22-24,33H,9-10,12,15-16H2,1-4H3/t22?,23?,24?,28-/m0/s1. The van der Waals surface area contributed by atoms with Crippen LogP contribution < -0.4 is 0 Å². The zero-order chi connectivity index (χ0) is 24.4. The van der Waals surface area contributed by atoms with Crippen molar-refractivity contribution >= 4 is 0 Å². The predicted molar refractivity (Wildman–Crippen MR) is 132 cm³/mol. The molecule has 3 fully saturated rings. The van der Waals surface area contributed by atoms with Gasteiger partial charge in [0.05, 0.1) is 23.7 Å². The number of aromatic nitrogens is 3. The Morgan fingerprint density at radius 3 is 2.51 bits per heavy atom. The van der Waals surface area contributed by atoms with Crippen molar-refractivity contribution in [3.8, 4) is 11.5 Å². The molecule has 0 amide bonds. The van der Waals surface area contributed by atoms with Crippen LogP contribution in [0.1, 0.15) is 74.4 Å². The molecule has 7 nitrogen and oxygen atoms in total. The largest absolute Gasteiger partial charge is 0.380 e. The molecule has 3 aliphatic heterocycles. The summed E-state index contributed by atoms with van der Waals surface area (Å²) < 4.78 is 11.7. The minimum atomic E-state index is -1.21. The van der Waals surface area contributed by atoms with E-state index in [4.69, 9.17) is 14.2 Å². The Bertz CT molecular complexity index is 1220. The van der Waals surface area contributed by atoms with Gasteiger partial charge in [-0.2, -0.15) is 4.98 Å². The van der Waals surface area contributed by atoms with E-state index < -0.39 is 5.60 Å². The summed E-state index contributed by atoms with van der Waals surface area (Å²) in [5.74, 6) is 1.78. The van der Waals surface area contributed by atoms with Crippen molar-refractivity contribution in [2.24, 2.45) is 5.41 Å². The molecule has 4 atom stereocenters. The number of ether oxygens (including phenoxy) is 1. The first kappa shape index (κ1) is 22.8. The van der Waals surface area contributed by atoms with E-state index in [1.165, 1.54) is 5.56 Å². The second kappa shape index (κ2) is 8.22. The molecule has 2 bridgehead atoms. The lowest BCUT2D eigenvalue weighted by Gasteiger charge is -2.55. The van der Waals surface area contributed by atoms with Crippen LogP contribution in [0.15, 0.2) is 47.2 Å². The van der Waals surface area contributed by atoms with Gasteiger partial charge in [0.25, 0.3) is 5.89 Å². The number of fused-ring (bicyclic) bond motifs is 2. The maximum Gasteiger partial charge on any atom is 0.259 e. The van der Waals surface area contributed by atoms with E-state index in [2.05, 4.69) is 67.1 Å². The number of aliphatic hydroxyl groups is 1. The van der Waals surface area contributed by atoms with Crippen molar-refractivity contribution in [1.29, 1.82) is 0 Å². The first-order valence-electron chi connectivity index (χ1n) is 12.7. The average molecular weight is 475 g/mol. The highest BCUT2D eigenvalue weighted by atomic mass is 16.5. The topological polar surface area (TPSA) is 84.5 Å². The van der Waals surface area contributed by atoms with Crippen LogP contribution in [0.4, 0.5) is 0 Å². The maximum absolute atomic E-state index is 12.5. The first-order chi connectivity index (χ1) is 16.8. The van der Waals surface area contributed by atoms with Crippen LogP contribution in [0.25, 0.3) is 11.5 Å². The summed E-state index contributed by atoms with van der Waals surface area (Å²) in [6, 6.07) is 10.3. The second-order valence-corrected chi connectivity index (χ2v) is 11.4. The maximum atomic E-state index is 12.5. The van der Waals surface area contributed by atoms with Gasteiger partial charge in [0.15, 0.2) is 5.82 Å². The summed E-state index contributed by atoms with van der Waals surface area (Å²) in [6.45, 7) is 8.08. The Labute approximate surface area is 206 Å². The third-order valence-corrected chi connectivity index (χ3v) is 8.39. The SMILES string of the molecule is CC(C)c1ccc([C@](O)(c2cncc(-c3nc(C4CC5CCC4O5)no3)c2)C2(C)CN(C)C2)cc1. The van der Waals surface area contributed by atoms with E-state index >= 15 is 0 Å². The lowest BCUT2D eigenvalue weighted by molar-refractivity contribution is -0.127. The monoisotopic (exact) mass is 474 g/mol. The van der Waals surface area contributed by atoms with Crippen molar-refractivity contribution in [2.75, 3.05) is 20.1 Å². The van der Waals surface area contributed by atoms with Crippen LogP contribution in [-0.4, -0.2) is 57.5 Å². The molecule has 5 heterocycles. The molecular weight excluding hydrogens is 440 g/mol. The Morgan fingerprint density at radius 1 is 1.11 bits per heavy atom. The van der Waals surface area contributed by atoms with Gasteiger partial charge in [0.1, 0.15) is 5.60 Å². The first-order valence-corrected chi connectivity index (χ1v) is 12.7. The fraction of sp³-hybridized carbons (Fsp3) is 0.536. The zero-order valence-corrected chi connectivity index (χ0v) is 20.9. The third-order valence-electron chi connectivity index (χ3n) is 8.39. The lowest BCUT2D eigenvalue weighted by Crippen LogP contribution is -2.63. The molecule has 3 saturated heterocycles. The molecular formula is C28H34N4O3. The van der Waals surface area contributed by atoms with E-state index in [0.29, 0.717) is 23.7 Å². The fourth-order valence-corrected chi connectivity index (χ4v) is 6.51. The summed E-state index contributed by atoms with van der Waals surface area (Å²) >= 11 is 0. The molecule has 35 heavy (non-hydrogen) atoms. The number of pyridine rings is 1. The normalized spacial score (nSPS) is 27.2. The van der Waals surface area contributed by atoms with Crippen LogP contribution in [0, 0.1) is 5.41 Å². The van der Waals surface area contributed by atoms with Gasteiger partial charge in [0, 0.05) is 36.5 Å². The Kier molecular flexibility index (Phi) is 5.36. The molecule has 0 spiro atoms. The summed E-state index contributed by atoms with van der Waals surface area (Å²) in [4.78, 5) is 11.5. The van der Waals surface area contributed by atoms with E-state index in [1.807, 2.05) is 6.07 Å². The van der Waals surface area contributed by atoms with Crippen molar-refractivity contribution in [3.63, 3.8) is 0 Å². The van der Waals surface area contributed by atoms with E-state index in [-0.39, 0.29) is 17.4 Å². The molecule has 2 aromatic heterocycles. The quantitative estimate of drug-likeness (QED) is 0.564. The van der Waals surface area contributed by atoms with Gasteiger partial charge in [-0.05, 0) is 49.4 Å². The van der Waals surface area contributed by atoms with Gasteiger partial charge in [-0.1, -0.05) is 50.2 Å². The van der Waals surface area contributed by atoms with Gasteiger partial charge in [0.2, 0.25) is 0 Å². The van der Waals surface area contributed by atoms with Crippen molar-refractivity contribution in [3.05, 3.63) is 65.2 Å². The summed E-state index contributed by atoms with van der Waals surface area (Å²) in [5, 5.41) is 16.7. The van der Waals surface area contributed by atoms with Gasteiger partial charge >= 0.3 is 0 Å². The fourth-order valence-electron chi connectivity index (χ4n) is 6.51. The van der Waals surface area contributed by atoms with Gasteiger partial charge in [-0.25, -0.2) is 0 Å². The van der Waals surface area contributed by atoms with Crippen LogP contribution >= 0.6 is 0 Å². The Morgan fingerprint density at radius 2 is 1.89 bits per heavy atom. The van der Waals surface area contributed by atoms with E-state index in [0.717, 1.165) is 49.0 Å². The highest BCUT2D eigenvalue weighted by molar-refractivity contribution is 5.55. The van der Waals surface area contributed by atoms with Gasteiger partial charge in [-0.3, -0.25) is 4.98 Å². The summed E-state index contributed by atoms with van der Waals surface area (Å²) in [7, 11) is 2.08. The van der Waals surface area contributed by atoms with Gasteiger partial charge in [-0.15, -0.1) is 0 Å². The molecule has 1 aromatic carbocycles. The Balaban J connectivity index is 1.37. The van der Waals surface area contributed by atoms with Crippen molar-refractivity contribution in [2.45, 2.75) is 69.7 Å². The van der Waals surface area contributed by atoms with Gasteiger partial charge < -0.3 is 19.3 Å². The number of nitrogens with zero attached hydrogens (tertiary/aromatic N) is 4. The van der Waals surface area contributed by atoms with Crippen LogP contribution in [0.5, 0.6) is 0 Å². The molecule has 3 aromatic rings. The molecule has 3 unspecified atom stereocenters. The van der Waals surface area contributed by atoms with Crippen LogP contribution in [0.2, 0.25) is 0 Å². The van der Waals surface area contributed by atoms with E-state index in [1.54, 1.807) is 12.4 Å². The minimum Gasteiger partial charge on any atom is -0.380 e. The molecule has 0 aliphatic carbocycles. The molecule has 0 radical (unpaired) electrons. The zero-order valence-electron chi connectivity index (χ0n) is 20.9. The van der Waals surface area contributed by atoms with E-state index in [9.17, 15) is 5.11 Å². The molecule has 7 heteroatoms. The highest BCUT2D eigenvalue weighted by Crippen LogP contribution is 2.50. The number of benzene rings is 1. The second-order valence-electron chi connectivity index (χ2n) is 11.4. The van der Waals surface area contributed by atoms with Crippen LogP contribution in [-0.2, 0) is 10.3 Å². The smallest absolute Gasteiger partial charge is 0.259 e. The van der Waals surface area contributed by atoms with Crippen molar-refractivity contribution < 1.29 is 14.4 Å². The summed E-state index contributed by atoms with van der Waals surface area (Å²) in [6.07, 6.45) is 7.17. The molecule has 184 valence electrons. The number of likely N-dealkylation sites (tertiary alicyclic amines) is 1. The minimum absolute atomic E-state index is 0.197. The average Bonchev–Trinajstić information content (AvgIpc) is 3.60. The highest BCUT2D eigenvalue weighted by Gasteiger charge is 2.55. The number of hydrogen-bond donors (Lipinski definition) is 1. The lowest BCUT2D eigenvalue weighted by atomic mass is 9.62. The third kappa shape index (κ3) is 3.63. The molecule has 0 saturated carbocycles. The number of hydrogen-bond acceptors (Lipinski definition) is 7. The molecule has 3 aliphatic rings. The Hall–Kier alpha value is -2.61. The number of rotatable bonds is 6. The summed E-state index contributed by atoms with van der Waals surface area (Å²) in [5.41, 5.74) is 2.02. The molecule has 1 N–H and O–H groups in total. The van der Waals surface area contributed by atoms with Crippen molar-refractivity contribution in [1.82, 2.24) is 20.0 Å². The predicted octanol–water partition coefficient (Wildman–Crippen LogP) is 4.48.